The molecule has 5 nitrogen and oxygen atoms in total. The molecule has 3 rings (SSSR count). The first kappa shape index (κ1) is 20.2. The average Bonchev–Trinajstić information content (AvgIpc) is 2.74. The summed E-state index contributed by atoms with van der Waals surface area (Å²) in [4.78, 5) is 14.6. The van der Waals surface area contributed by atoms with Crippen LogP contribution in [-0.4, -0.2) is 37.6 Å². The lowest BCUT2D eigenvalue weighted by molar-refractivity contribution is -0.121. The molecule has 0 spiro atoms. The fourth-order valence-corrected chi connectivity index (χ4v) is 3.42. The van der Waals surface area contributed by atoms with Gasteiger partial charge in [-0.1, -0.05) is 42.8 Å². The summed E-state index contributed by atoms with van der Waals surface area (Å²) < 4.78 is 10.9. The highest BCUT2D eigenvalue weighted by atomic mass is 16.5. The first-order chi connectivity index (χ1) is 13.7. The SMILES string of the molecule is COc1ccccc1OCCC(=O)NCc1ccc(CN2CCCCC2)cc1. The molecule has 0 aliphatic carbocycles. The Morgan fingerprint density at radius 3 is 2.36 bits per heavy atom. The summed E-state index contributed by atoms with van der Waals surface area (Å²) in [5, 5.41) is 2.95. The Morgan fingerprint density at radius 1 is 0.964 bits per heavy atom. The number of likely N-dealkylation sites (tertiary alicyclic amines) is 1. The van der Waals surface area contributed by atoms with Crippen molar-refractivity contribution in [3.8, 4) is 11.5 Å². The van der Waals surface area contributed by atoms with Crippen molar-refractivity contribution < 1.29 is 14.3 Å². The number of rotatable bonds is 9. The van der Waals surface area contributed by atoms with E-state index in [0.717, 1.165) is 12.1 Å². The number of methoxy groups -OCH3 is 1. The molecular weight excluding hydrogens is 352 g/mol. The zero-order valence-electron chi connectivity index (χ0n) is 16.7. The molecule has 1 fully saturated rings. The van der Waals surface area contributed by atoms with Gasteiger partial charge in [0.05, 0.1) is 20.1 Å². The van der Waals surface area contributed by atoms with Crippen LogP contribution in [0.1, 0.15) is 36.8 Å². The van der Waals surface area contributed by atoms with Gasteiger partial charge in [-0.25, -0.2) is 0 Å². The molecule has 1 N–H and O–H groups in total. The summed E-state index contributed by atoms with van der Waals surface area (Å²) in [5.41, 5.74) is 2.45. The number of ether oxygens (including phenoxy) is 2. The second kappa shape index (κ2) is 10.7. The summed E-state index contributed by atoms with van der Waals surface area (Å²) in [6.07, 6.45) is 4.29. The Kier molecular flexibility index (Phi) is 7.73. The van der Waals surface area contributed by atoms with Crippen LogP contribution in [0.5, 0.6) is 11.5 Å². The predicted molar refractivity (Wildman–Crippen MR) is 111 cm³/mol. The minimum absolute atomic E-state index is 0.0210. The smallest absolute Gasteiger partial charge is 0.223 e. The van der Waals surface area contributed by atoms with Gasteiger partial charge in [-0.05, 0) is 49.2 Å². The third-order valence-electron chi connectivity index (χ3n) is 5.02. The fourth-order valence-electron chi connectivity index (χ4n) is 3.42. The van der Waals surface area contributed by atoms with Gasteiger partial charge in [-0.3, -0.25) is 9.69 Å². The molecule has 28 heavy (non-hydrogen) atoms. The van der Waals surface area contributed by atoms with E-state index in [2.05, 4.69) is 34.5 Å². The van der Waals surface area contributed by atoms with Gasteiger partial charge >= 0.3 is 0 Å². The average molecular weight is 383 g/mol. The molecule has 0 aromatic heterocycles. The Morgan fingerprint density at radius 2 is 1.64 bits per heavy atom. The number of piperidine rings is 1. The number of benzene rings is 2. The predicted octanol–water partition coefficient (Wildman–Crippen LogP) is 3.77. The van der Waals surface area contributed by atoms with Crippen molar-refractivity contribution in [2.75, 3.05) is 26.8 Å². The number of hydrogen-bond acceptors (Lipinski definition) is 4. The van der Waals surface area contributed by atoms with Gasteiger partial charge in [0.1, 0.15) is 0 Å². The van der Waals surface area contributed by atoms with E-state index in [4.69, 9.17) is 9.47 Å². The topological polar surface area (TPSA) is 50.8 Å². The third-order valence-corrected chi connectivity index (χ3v) is 5.02. The highest BCUT2D eigenvalue weighted by Gasteiger charge is 2.10. The molecule has 1 saturated heterocycles. The molecule has 1 aliphatic heterocycles. The van der Waals surface area contributed by atoms with Crippen molar-refractivity contribution in [2.24, 2.45) is 0 Å². The molecule has 1 aliphatic rings. The van der Waals surface area contributed by atoms with Crippen LogP contribution in [0.25, 0.3) is 0 Å². The van der Waals surface area contributed by atoms with Gasteiger partial charge in [0, 0.05) is 13.1 Å². The second-order valence-electron chi connectivity index (χ2n) is 7.18. The van der Waals surface area contributed by atoms with Crippen LogP contribution in [0.15, 0.2) is 48.5 Å². The van der Waals surface area contributed by atoms with Crippen molar-refractivity contribution in [3.63, 3.8) is 0 Å². The maximum atomic E-state index is 12.1. The van der Waals surface area contributed by atoms with Crippen molar-refractivity contribution in [2.45, 2.75) is 38.8 Å². The van der Waals surface area contributed by atoms with E-state index in [1.54, 1.807) is 7.11 Å². The van der Waals surface area contributed by atoms with Crippen LogP contribution in [0.3, 0.4) is 0 Å². The van der Waals surface area contributed by atoms with E-state index in [1.165, 1.54) is 37.9 Å². The number of para-hydroxylation sites is 2. The van der Waals surface area contributed by atoms with Crippen LogP contribution in [-0.2, 0) is 17.9 Å². The lowest BCUT2D eigenvalue weighted by Crippen LogP contribution is -2.29. The van der Waals surface area contributed by atoms with E-state index in [9.17, 15) is 4.79 Å². The third kappa shape index (κ3) is 6.27. The Hall–Kier alpha value is -2.53. The molecule has 0 unspecified atom stereocenters. The maximum absolute atomic E-state index is 12.1. The first-order valence-corrected chi connectivity index (χ1v) is 10.1. The minimum Gasteiger partial charge on any atom is -0.493 e. The molecule has 2 aromatic rings. The normalized spacial score (nSPS) is 14.5. The molecule has 0 atom stereocenters. The summed E-state index contributed by atoms with van der Waals surface area (Å²) in [6, 6.07) is 16.0. The zero-order chi connectivity index (χ0) is 19.6. The van der Waals surface area contributed by atoms with Crippen molar-refractivity contribution >= 4 is 5.91 Å². The lowest BCUT2D eigenvalue weighted by Gasteiger charge is -2.26. The van der Waals surface area contributed by atoms with E-state index in [1.807, 2.05) is 24.3 Å². The van der Waals surface area contributed by atoms with E-state index >= 15 is 0 Å². The number of nitrogens with zero attached hydrogens (tertiary/aromatic N) is 1. The van der Waals surface area contributed by atoms with Crippen molar-refractivity contribution in [1.82, 2.24) is 10.2 Å². The van der Waals surface area contributed by atoms with Gasteiger partial charge in [0.25, 0.3) is 0 Å². The maximum Gasteiger partial charge on any atom is 0.223 e. The molecule has 0 saturated carbocycles. The summed E-state index contributed by atoms with van der Waals surface area (Å²) in [6.45, 7) is 4.29. The summed E-state index contributed by atoms with van der Waals surface area (Å²) in [7, 11) is 1.60. The Balaban J connectivity index is 1.37. The minimum atomic E-state index is -0.0210. The monoisotopic (exact) mass is 382 g/mol. The lowest BCUT2D eigenvalue weighted by atomic mass is 10.1. The van der Waals surface area contributed by atoms with Crippen molar-refractivity contribution in [1.29, 1.82) is 0 Å². The fraction of sp³-hybridized carbons (Fsp3) is 0.435. The Labute approximate surface area is 167 Å². The first-order valence-electron chi connectivity index (χ1n) is 10.1. The molecular formula is C23H30N2O3. The molecule has 5 heteroatoms. The van der Waals surface area contributed by atoms with Crippen LogP contribution in [0.2, 0.25) is 0 Å². The van der Waals surface area contributed by atoms with Gasteiger partial charge in [-0.2, -0.15) is 0 Å². The molecule has 1 amide bonds. The largest absolute Gasteiger partial charge is 0.493 e. The van der Waals surface area contributed by atoms with Crippen LogP contribution in [0, 0.1) is 0 Å². The number of carbonyl (C=O) groups excluding carboxylic acids is 1. The van der Waals surface area contributed by atoms with Crippen LogP contribution in [0.4, 0.5) is 0 Å². The molecule has 0 radical (unpaired) electrons. The van der Waals surface area contributed by atoms with Crippen LogP contribution < -0.4 is 14.8 Å². The summed E-state index contributed by atoms with van der Waals surface area (Å²) in [5.74, 6) is 1.31. The molecule has 150 valence electrons. The van der Waals surface area contributed by atoms with Gasteiger partial charge < -0.3 is 14.8 Å². The molecule has 1 heterocycles. The number of carbonyl (C=O) groups is 1. The Bertz CT molecular complexity index is 740. The zero-order valence-corrected chi connectivity index (χ0v) is 16.7. The van der Waals surface area contributed by atoms with Crippen LogP contribution >= 0.6 is 0 Å². The van der Waals surface area contributed by atoms with Gasteiger partial charge in [0.2, 0.25) is 5.91 Å². The quantitative estimate of drug-likeness (QED) is 0.717. The molecule has 0 bridgehead atoms. The number of nitrogens with one attached hydrogen (secondary N) is 1. The number of hydrogen-bond donors (Lipinski definition) is 1. The summed E-state index contributed by atoms with van der Waals surface area (Å²) >= 11 is 0. The van der Waals surface area contributed by atoms with Gasteiger partial charge in [0.15, 0.2) is 11.5 Å². The standard InChI is InChI=1S/C23H30N2O3/c1-27-21-7-3-4-8-22(21)28-16-13-23(26)24-17-19-9-11-20(12-10-19)18-25-14-5-2-6-15-25/h3-4,7-12H,2,5-6,13-18H2,1H3,(H,24,26). The van der Waals surface area contributed by atoms with E-state index in [0.29, 0.717) is 31.1 Å². The van der Waals surface area contributed by atoms with E-state index < -0.39 is 0 Å². The number of amides is 1. The highest BCUT2D eigenvalue weighted by molar-refractivity contribution is 5.76. The highest BCUT2D eigenvalue weighted by Crippen LogP contribution is 2.25. The van der Waals surface area contributed by atoms with Crippen molar-refractivity contribution in [3.05, 3.63) is 59.7 Å². The molecule has 2 aromatic carbocycles. The van der Waals surface area contributed by atoms with Gasteiger partial charge in [-0.15, -0.1) is 0 Å². The second-order valence-corrected chi connectivity index (χ2v) is 7.18. The van der Waals surface area contributed by atoms with E-state index in [-0.39, 0.29) is 5.91 Å².